The van der Waals surface area contributed by atoms with Crippen LogP contribution < -0.4 is 4.74 Å². The number of benzene rings is 2. The van der Waals surface area contributed by atoms with Crippen LogP contribution in [0.5, 0.6) is 5.75 Å². The summed E-state index contributed by atoms with van der Waals surface area (Å²) in [6.07, 6.45) is 0.705. The molecule has 3 nitrogen and oxygen atoms in total. The number of halogens is 3. The molecule has 0 spiro atoms. The van der Waals surface area contributed by atoms with Gasteiger partial charge >= 0.3 is 5.97 Å². The Hall–Kier alpha value is -2.08. The lowest BCUT2D eigenvalue weighted by Crippen LogP contribution is -2.02. The minimum absolute atomic E-state index is 0.0764. The first kappa shape index (κ1) is 21.6. The van der Waals surface area contributed by atoms with E-state index in [1.54, 1.807) is 19.9 Å². The Labute approximate surface area is 182 Å². The normalized spacial score (nSPS) is 11.0. The minimum atomic E-state index is -1.10. The Morgan fingerprint density at radius 1 is 1.17 bits per heavy atom. The molecule has 1 heterocycles. The number of aromatic carboxylic acids is 1. The Balaban J connectivity index is 2.40. The number of aryl methyl sites for hydroxylation is 1. The first-order valence-electron chi connectivity index (χ1n) is 8.88. The van der Waals surface area contributed by atoms with Gasteiger partial charge in [0.05, 0.1) is 22.7 Å². The lowest BCUT2D eigenvalue weighted by molar-refractivity contribution is 0.0698. The molecule has 0 radical (unpaired) electrons. The third-order valence-corrected chi connectivity index (χ3v) is 6.89. The first-order chi connectivity index (χ1) is 13.7. The number of carboxylic acid groups (broad SMARTS) is 1. The summed E-state index contributed by atoms with van der Waals surface area (Å²) in [6, 6.07) is 5.01. The van der Waals surface area contributed by atoms with Crippen molar-refractivity contribution in [2.45, 2.75) is 27.2 Å². The van der Waals surface area contributed by atoms with Crippen LogP contribution in [0, 0.1) is 19.7 Å². The van der Waals surface area contributed by atoms with Gasteiger partial charge < -0.3 is 9.84 Å². The molecule has 0 saturated heterocycles. The van der Waals surface area contributed by atoms with Gasteiger partial charge in [-0.25, -0.2) is 9.18 Å². The number of carboxylic acids is 1. The van der Waals surface area contributed by atoms with E-state index in [1.165, 1.54) is 29.9 Å². The van der Waals surface area contributed by atoms with Crippen molar-refractivity contribution in [2.24, 2.45) is 0 Å². The van der Waals surface area contributed by atoms with Crippen LogP contribution in [0.3, 0.4) is 0 Å². The Morgan fingerprint density at radius 2 is 1.79 bits per heavy atom. The standard InChI is InChI=1S/C22H19Cl2FO3S/c1-5-12-6-7-13(15(25)8-12)21-17(14(9-29-21)22(26)27)16-10(2)18(23)20(28-4)19(24)11(16)3/h6-9H,5H2,1-4H3,(H,26,27). The van der Waals surface area contributed by atoms with Crippen molar-refractivity contribution in [3.63, 3.8) is 0 Å². The van der Waals surface area contributed by atoms with Gasteiger partial charge in [0.15, 0.2) is 5.75 Å². The van der Waals surface area contributed by atoms with Crippen molar-refractivity contribution in [1.29, 1.82) is 0 Å². The maximum Gasteiger partial charge on any atom is 0.337 e. The molecule has 152 valence electrons. The summed E-state index contributed by atoms with van der Waals surface area (Å²) in [5.74, 6) is -1.17. The average Bonchev–Trinajstić information content (AvgIpc) is 3.11. The van der Waals surface area contributed by atoms with E-state index in [0.29, 0.717) is 54.9 Å². The van der Waals surface area contributed by atoms with Gasteiger partial charge in [-0.3, -0.25) is 0 Å². The molecule has 0 amide bonds. The van der Waals surface area contributed by atoms with Crippen LogP contribution in [0.25, 0.3) is 21.6 Å². The van der Waals surface area contributed by atoms with Crippen molar-refractivity contribution >= 4 is 40.5 Å². The van der Waals surface area contributed by atoms with Crippen molar-refractivity contribution in [3.8, 4) is 27.3 Å². The highest BCUT2D eigenvalue weighted by Gasteiger charge is 2.27. The number of hydrogen-bond donors (Lipinski definition) is 1. The van der Waals surface area contributed by atoms with E-state index < -0.39 is 11.8 Å². The fourth-order valence-electron chi connectivity index (χ4n) is 3.42. The quantitative estimate of drug-likeness (QED) is 0.438. The molecule has 0 atom stereocenters. The van der Waals surface area contributed by atoms with Gasteiger partial charge in [0.2, 0.25) is 0 Å². The van der Waals surface area contributed by atoms with Crippen molar-refractivity contribution < 1.29 is 19.0 Å². The summed E-state index contributed by atoms with van der Waals surface area (Å²) in [6.45, 7) is 5.49. The number of rotatable bonds is 5. The number of carbonyl (C=O) groups is 1. The molecular formula is C22H19Cl2FO3S. The molecular weight excluding hydrogens is 434 g/mol. The number of methoxy groups -OCH3 is 1. The molecule has 1 aromatic heterocycles. The molecule has 0 saturated carbocycles. The SMILES string of the molecule is CCc1ccc(-c2scc(C(=O)O)c2-c2c(C)c(Cl)c(OC)c(Cl)c2C)c(F)c1. The number of hydrogen-bond acceptors (Lipinski definition) is 3. The molecule has 29 heavy (non-hydrogen) atoms. The van der Waals surface area contributed by atoms with Crippen molar-refractivity contribution in [2.75, 3.05) is 7.11 Å². The predicted molar refractivity (Wildman–Crippen MR) is 118 cm³/mol. The summed E-state index contributed by atoms with van der Waals surface area (Å²) in [7, 11) is 1.47. The third kappa shape index (κ3) is 3.63. The zero-order chi connectivity index (χ0) is 21.5. The Kier molecular flexibility index (Phi) is 6.22. The lowest BCUT2D eigenvalue weighted by atomic mass is 9.90. The molecule has 3 aromatic rings. The van der Waals surface area contributed by atoms with Crippen LogP contribution in [0.15, 0.2) is 23.6 Å². The van der Waals surface area contributed by atoms with Crippen molar-refractivity contribution in [1.82, 2.24) is 0 Å². The van der Waals surface area contributed by atoms with Gasteiger partial charge in [-0.05, 0) is 48.6 Å². The highest BCUT2D eigenvalue weighted by molar-refractivity contribution is 7.14. The summed E-state index contributed by atoms with van der Waals surface area (Å²) >= 11 is 14.1. The maximum absolute atomic E-state index is 14.9. The molecule has 0 aliphatic carbocycles. The Bertz CT molecular complexity index is 1090. The fourth-order valence-corrected chi connectivity index (χ4v) is 5.07. The van der Waals surface area contributed by atoms with Gasteiger partial charge in [-0.15, -0.1) is 11.3 Å². The van der Waals surface area contributed by atoms with E-state index >= 15 is 0 Å². The highest BCUT2D eigenvalue weighted by Crippen LogP contribution is 2.49. The van der Waals surface area contributed by atoms with Crippen LogP contribution in [-0.4, -0.2) is 18.2 Å². The number of ether oxygens (including phenoxy) is 1. The van der Waals surface area contributed by atoms with Gasteiger partial charge in [-0.2, -0.15) is 0 Å². The molecule has 1 N–H and O–H groups in total. The smallest absolute Gasteiger partial charge is 0.337 e. The van der Waals surface area contributed by atoms with Crippen molar-refractivity contribution in [3.05, 3.63) is 61.7 Å². The molecule has 0 fully saturated rings. The molecule has 0 aliphatic heterocycles. The second-order valence-electron chi connectivity index (χ2n) is 6.61. The second kappa shape index (κ2) is 8.34. The van der Waals surface area contributed by atoms with E-state index in [9.17, 15) is 14.3 Å². The van der Waals surface area contributed by atoms with Crippen LogP contribution in [0.4, 0.5) is 4.39 Å². The zero-order valence-corrected chi connectivity index (χ0v) is 18.7. The van der Waals surface area contributed by atoms with Crippen LogP contribution in [0.1, 0.15) is 34.0 Å². The van der Waals surface area contributed by atoms with E-state index in [4.69, 9.17) is 27.9 Å². The summed E-state index contributed by atoms with van der Waals surface area (Å²) in [5, 5.41) is 11.9. The van der Waals surface area contributed by atoms with Crippen LogP contribution in [0.2, 0.25) is 10.0 Å². The monoisotopic (exact) mass is 452 g/mol. The topological polar surface area (TPSA) is 46.5 Å². The Morgan fingerprint density at radius 3 is 2.28 bits per heavy atom. The first-order valence-corrected chi connectivity index (χ1v) is 10.5. The van der Waals surface area contributed by atoms with E-state index in [0.717, 1.165) is 5.56 Å². The summed E-state index contributed by atoms with van der Waals surface area (Å²) in [4.78, 5) is 12.5. The zero-order valence-electron chi connectivity index (χ0n) is 16.3. The molecule has 0 unspecified atom stereocenters. The maximum atomic E-state index is 14.9. The lowest BCUT2D eigenvalue weighted by Gasteiger charge is -2.19. The van der Waals surface area contributed by atoms with Gasteiger partial charge in [0.25, 0.3) is 0 Å². The van der Waals surface area contributed by atoms with Gasteiger partial charge in [0.1, 0.15) is 5.82 Å². The van der Waals surface area contributed by atoms with E-state index in [2.05, 4.69) is 0 Å². The predicted octanol–water partition coefficient (Wildman–Crippen LogP) is 7.41. The van der Waals surface area contributed by atoms with Crippen LogP contribution >= 0.6 is 34.5 Å². The third-order valence-electron chi connectivity index (χ3n) is 4.97. The molecule has 0 aliphatic rings. The van der Waals surface area contributed by atoms with Crippen LogP contribution in [-0.2, 0) is 6.42 Å². The van der Waals surface area contributed by atoms with E-state index in [-0.39, 0.29) is 5.56 Å². The van der Waals surface area contributed by atoms with Gasteiger partial charge in [0, 0.05) is 21.4 Å². The number of thiophene rings is 1. The second-order valence-corrected chi connectivity index (χ2v) is 8.25. The molecule has 0 bridgehead atoms. The minimum Gasteiger partial charge on any atom is -0.494 e. The molecule has 7 heteroatoms. The fraction of sp³-hybridized carbons (Fsp3) is 0.227. The molecule has 3 rings (SSSR count). The van der Waals surface area contributed by atoms with Gasteiger partial charge in [-0.1, -0.05) is 42.3 Å². The molecule has 2 aromatic carbocycles. The summed E-state index contributed by atoms with van der Waals surface area (Å²) < 4.78 is 20.2. The summed E-state index contributed by atoms with van der Waals surface area (Å²) in [5.41, 5.74) is 3.52. The van der Waals surface area contributed by atoms with E-state index in [1.807, 2.05) is 13.0 Å². The average molecular weight is 453 g/mol. The highest BCUT2D eigenvalue weighted by atomic mass is 35.5. The largest absolute Gasteiger partial charge is 0.494 e.